The van der Waals surface area contributed by atoms with E-state index in [0.717, 1.165) is 13.1 Å². The normalized spacial score (nSPS) is 13.8. The summed E-state index contributed by atoms with van der Waals surface area (Å²) < 4.78 is 0. The summed E-state index contributed by atoms with van der Waals surface area (Å²) in [5, 5.41) is 3.41. The minimum Gasteiger partial charge on any atom is -0.329 e. The average Bonchev–Trinajstić information content (AvgIpc) is 2.38. The maximum atomic E-state index is 5.81. The number of hydrogen-bond acceptors (Lipinski definition) is 3. The van der Waals surface area contributed by atoms with E-state index in [1.807, 2.05) is 0 Å². The fourth-order valence-corrected chi connectivity index (χ4v) is 2.07. The second-order valence-corrected chi connectivity index (χ2v) is 6.29. The van der Waals surface area contributed by atoms with Gasteiger partial charge < -0.3 is 16.8 Å². The van der Waals surface area contributed by atoms with Crippen molar-refractivity contribution >= 4 is 0 Å². The fraction of sp³-hybridized carbons (Fsp3) is 0.625. The van der Waals surface area contributed by atoms with Gasteiger partial charge in [0.15, 0.2) is 0 Å². The molecule has 1 aromatic rings. The Morgan fingerprint density at radius 1 is 1.16 bits per heavy atom. The van der Waals surface area contributed by atoms with Gasteiger partial charge in [-0.25, -0.2) is 0 Å². The van der Waals surface area contributed by atoms with E-state index in [-0.39, 0.29) is 11.5 Å². The van der Waals surface area contributed by atoms with Crippen molar-refractivity contribution in [3.63, 3.8) is 0 Å². The quantitative estimate of drug-likeness (QED) is 0.704. The molecular formula is C16H29N3. The zero-order chi connectivity index (χ0) is 14.5. The zero-order valence-corrected chi connectivity index (χ0v) is 12.7. The van der Waals surface area contributed by atoms with Crippen molar-refractivity contribution < 1.29 is 0 Å². The molecule has 108 valence electrons. The Bertz CT molecular complexity index is 368. The van der Waals surface area contributed by atoms with Gasteiger partial charge in [-0.15, -0.1) is 0 Å². The van der Waals surface area contributed by atoms with E-state index in [2.05, 4.69) is 57.3 Å². The summed E-state index contributed by atoms with van der Waals surface area (Å²) in [6.07, 6.45) is 0. The molecule has 19 heavy (non-hydrogen) atoms. The first-order valence-electron chi connectivity index (χ1n) is 7.13. The molecule has 1 aromatic carbocycles. The van der Waals surface area contributed by atoms with Crippen molar-refractivity contribution in [2.75, 3.05) is 19.6 Å². The molecule has 1 unspecified atom stereocenters. The largest absolute Gasteiger partial charge is 0.329 e. The van der Waals surface area contributed by atoms with Crippen molar-refractivity contribution in [3.8, 4) is 0 Å². The van der Waals surface area contributed by atoms with Gasteiger partial charge in [0, 0.05) is 31.1 Å². The maximum absolute atomic E-state index is 5.81. The summed E-state index contributed by atoms with van der Waals surface area (Å²) in [4.78, 5) is 0. The summed E-state index contributed by atoms with van der Waals surface area (Å²) in [5.41, 5.74) is 14.2. The monoisotopic (exact) mass is 263 g/mol. The minimum atomic E-state index is 0.0408. The van der Waals surface area contributed by atoms with Gasteiger partial charge in [-0.3, -0.25) is 0 Å². The number of hydrogen-bond donors (Lipinski definition) is 3. The Morgan fingerprint density at radius 2 is 1.74 bits per heavy atom. The average molecular weight is 263 g/mol. The summed E-state index contributed by atoms with van der Waals surface area (Å²) in [6, 6.07) is 8.97. The molecule has 0 saturated carbocycles. The highest BCUT2D eigenvalue weighted by molar-refractivity contribution is 5.29. The first kappa shape index (κ1) is 16.2. The van der Waals surface area contributed by atoms with Crippen LogP contribution in [0, 0.1) is 0 Å². The molecule has 5 N–H and O–H groups in total. The van der Waals surface area contributed by atoms with Crippen LogP contribution in [0.15, 0.2) is 24.3 Å². The Hall–Kier alpha value is -0.900. The van der Waals surface area contributed by atoms with Gasteiger partial charge in [-0.1, -0.05) is 52.0 Å². The van der Waals surface area contributed by atoms with E-state index in [1.54, 1.807) is 0 Å². The van der Waals surface area contributed by atoms with Crippen molar-refractivity contribution in [2.24, 2.45) is 11.5 Å². The number of nitrogens with one attached hydrogen (secondary N) is 1. The Kier molecular flexibility index (Phi) is 5.98. The predicted molar refractivity (Wildman–Crippen MR) is 83.5 cm³/mol. The molecule has 0 amide bonds. The topological polar surface area (TPSA) is 64.1 Å². The van der Waals surface area contributed by atoms with Crippen LogP contribution < -0.4 is 16.8 Å². The summed E-state index contributed by atoms with van der Waals surface area (Å²) in [7, 11) is 0. The van der Waals surface area contributed by atoms with Crippen LogP contribution in [-0.2, 0) is 5.41 Å². The van der Waals surface area contributed by atoms with Crippen LogP contribution in [0.1, 0.15) is 44.7 Å². The Labute approximate surface area is 117 Å². The van der Waals surface area contributed by atoms with E-state index >= 15 is 0 Å². The molecule has 1 atom stereocenters. The van der Waals surface area contributed by atoms with E-state index in [9.17, 15) is 0 Å². The first-order valence-corrected chi connectivity index (χ1v) is 7.13. The predicted octanol–water partition coefficient (Wildman–Crippen LogP) is 1.96. The van der Waals surface area contributed by atoms with Gasteiger partial charge in [0.2, 0.25) is 0 Å². The maximum Gasteiger partial charge on any atom is 0.0290 e. The lowest BCUT2D eigenvalue weighted by Crippen LogP contribution is -2.43. The van der Waals surface area contributed by atoms with Crippen LogP contribution in [0.4, 0.5) is 0 Å². The molecular weight excluding hydrogens is 234 g/mol. The highest BCUT2D eigenvalue weighted by Gasteiger charge is 2.20. The van der Waals surface area contributed by atoms with Crippen LogP contribution in [-0.4, -0.2) is 25.7 Å². The fourth-order valence-electron chi connectivity index (χ4n) is 2.07. The molecule has 0 aliphatic heterocycles. The molecule has 0 aromatic heterocycles. The van der Waals surface area contributed by atoms with Gasteiger partial charge in [0.05, 0.1) is 0 Å². The van der Waals surface area contributed by atoms with Crippen molar-refractivity contribution in [3.05, 3.63) is 35.4 Å². The Morgan fingerprint density at radius 3 is 2.21 bits per heavy atom. The molecule has 3 heteroatoms. The standard InChI is InChI=1S/C16H29N3/c1-12(2)13-5-7-14(8-6-13)16(3,4)11-19-10-15(18)9-17/h5-8,12,15,19H,9-11,17-18H2,1-4H3. The SMILES string of the molecule is CC(C)c1ccc(C(C)(C)CNCC(N)CN)cc1. The van der Waals surface area contributed by atoms with Crippen LogP contribution >= 0.6 is 0 Å². The summed E-state index contributed by atoms with van der Waals surface area (Å²) in [6.45, 7) is 11.1. The lowest BCUT2D eigenvalue weighted by atomic mass is 9.83. The molecule has 0 radical (unpaired) electrons. The lowest BCUT2D eigenvalue weighted by molar-refractivity contribution is 0.454. The number of nitrogens with two attached hydrogens (primary N) is 2. The molecule has 0 bridgehead atoms. The molecule has 0 saturated heterocycles. The van der Waals surface area contributed by atoms with Crippen LogP contribution in [0.5, 0.6) is 0 Å². The second kappa shape index (κ2) is 7.04. The van der Waals surface area contributed by atoms with Gasteiger partial charge in [-0.2, -0.15) is 0 Å². The Balaban J connectivity index is 2.61. The smallest absolute Gasteiger partial charge is 0.0290 e. The molecule has 0 aliphatic carbocycles. The molecule has 3 nitrogen and oxygen atoms in total. The highest BCUT2D eigenvalue weighted by atomic mass is 14.9. The summed E-state index contributed by atoms with van der Waals surface area (Å²) in [5.74, 6) is 0.581. The lowest BCUT2D eigenvalue weighted by Gasteiger charge is -2.27. The zero-order valence-electron chi connectivity index (χ0n) is 12.7. The number of benzene rings is 1. The second-order valence-electron chi connectivity index (χ2n) is 6.29. The van der Waals surface area contributed by atoms with Crippen molar-refractivity contribution in [1.82, 2.24) is 5.32 Å². The van der Waals surface area contributed by atoms with Gasteiger partial charge in [0.25, 0.3) is 0 Å². The van der Waals surface area contributed by atoms with E-state index in [1.165, 1.54) is 11.1 Å². The molecule has 0 heterocycles. The molecule has 0 spiro atoms. The van der Waals surface area contributed by atoms with Crippen LogP contribution in [0.2, 0.25) is 0 Å². The van der Waals surface area contributed by atoms with Crippen molar-refractivity contribution in [2.45, 2.75) is 45.1 Å². The highest BCUT2D eigenvalue weighted by Crippen LogP contribution is 2.24. The van der Waals surface area contributed by atoms with E-state index < -0.39 is 0 Å². The molecule has 1 rings (SSSR count). The molecule has 0 aliphatic rings. The summed E-state index contributed by atoms with van der Waals surface area (Å²) >= 11 is 0. The van der Waals surface area contributed by atoms with Crippen LogP contribution in [0.3, 0.4) is 0 Å². The van der Waals surface area contributed by atoms with E-state index in [4.69, 9.17) is 11.5 Å². The van der Waals surface area contributed by atoms with Crippen molar-refractivity contribution in [1.29, 1.82) is 0 Å². The van der Waals surface area contributed by atoms with Gasteiger partial charge in [0.1, 0.15) is 0 Å². The van der Waals surface area contributed by atoms with Gasteiger partial charge in [-0.05, 0) is 17.0 Å². The number of rotatable bonds is 7. The molecule has 0 fully saturated rings. The third kappa shape index (κ3) is 4.94. The van der Waals surface area contributed by atoms with Gasteiger partial charge >= 0.3 is 0 Å². The minimum absolute atomic E-state index is 0.0408. The third-order valence-corrected chi connectivity index (χ3v) is 3.64. The first-order chi connectivity index (χ1) is 8.86. The van der Waals surface area contributed by atoms with E-state index in [0.29, 0.717) is 12.5 Å². The third-order valence-electron chi connectivity index (χ3n) is 3.64. The van der Waals surface area contributed by atoms with Crippen LogP contribution in [0.25, 0.3) is 0 Å².